The molecule has 30 heavy (non-hydrogen) atoms. The second-order valence-electron chi connectivity index (χ2n) is 6.80. The molecule has 11 heteroatoms. The smallest absolute Gasteiger partial charge is 0.320 e. The van der Waals surface area contributed by atoms with Crippen molar-refractivity contribution in [1.82, 2.24) is 30.2 Å². The van der Waals surface area contributed by atoms with Gasteiger partial charge in [0.25, 0.3) is 0 Å². The molecule has 0 aromatic heterocycles. The molecule has 0 unspecified atom stereocenters. The maximum atomic E-state index is 12.5. The van der Waals surface area contributed by atoms with Crippen molar-refractivity contribution in [2.45, 2.75) is 0 Å². The van der Waals surface area contributed by atoms with E-state index in [1.165, 1.54) is 0 Å². The van der Waals surface area contributed by atoms with Gasteiger partial charge in [-0.3, -0.25) is 9.80 Å². The Morgan fingerprint density at radius 3 is 1.93 bits per heavy atom. The third-order valence-electron chi connectivity index (χ3n) is 4.72. The van der Waals surface area contributed by atoms with E-state index in [1.54, 1.807) is 14.7 Å². The number of carbonyl (C=O) groups is 1. The van der Waals surface area contributed by atoms with E-state index in [1.807, 2.05) is 23.1 Å². The predicted octanol–water partition coefficient (Wildman–Crippen LogP) is -1.40. The quantitative estimate of drug-likeness (QED) is 0.230. The highest BCUT2D eigenvalue weighted by Crippen LogP contribution is 2.08. The van der Waals surface area contributed by atoms with Crippen LogP contribution in [0.1, 0.15) is 0 Å². The molecule has 0 spiro atoms. The number of hydrogen-bond acceptors (Lipinski definition) is 9. The van der Waals surface area contributed by atoms with E-state index in [4.69, 9.17) is 21.0 Å². The first-order valence-corrected chi connectivity index (χ1v) is 10.0. The Hall–Kier alpha value is -2.93. The third-order valence-corrected chi connectivity index (χ3v) is 4.72. The number of urea groups is 1. The van der Waals surface area contributed by atoms with Gasteiger partial charge in [0.1, 0.15) is 0 Å². The molecule has 0 aromatic rings. The number of amides is 2. The molecule has 1 fully saturated rings. The summed E-state index contributed by atoms with van der Waals surface area (Å²) >= 11 is 0. The van der Waals surface area contributed by atoms with Crippen LogP contribution in [-0.2, 0) is 0 Å². The van der Waals surface area contributed by atoms with Crippen molar-refractivity contribution < 1.29 is 4.79 Å². The molecule has 1 rings (SSSR count). The molecule has 162 valence electrons. The van der Waals surface area contributed by atoms with Crippen molar-refractivity contribution in [1.29, 1.82) is 21.0 Å². The number of carbonyl (C=O) groups excluding carboxylic acids is 1. The Morgan fingerprint density at radius 1 is 0.733 bits per heavy atom. The lowest BCUT2D eigenvalue weighted by Crippen LogP contribution is -2.41. The van der Waals surface area contributed by atoms with Crippen molar-refractivity contribution in [3.8, 4) is 24.3 Å². The minimum absolute atomic E-state index is 0.00639. The Bertz CT molecular complexity index is 655. The van der Waals surface area contributed by atoms with E-state index >= 15 is 0 Å². The molecule has 1 aliphatic heterocycles. The predicted molar refractivity (Wildman–Crippen MR) is 110 cm³/mol. The summed E-state index contributed by atoms with van der Waals surface area (Å²) in [6.45, 7) is 7.36. The van der Waals surface area contributed by atoms with E-state index in [0.29, 0.717) is 72.0 Å². The largest absolute Gasteiger partial charge is 0.322 e. The molecule has 1 aliphatic rings. The fourth-order valence-electron chi connectivity index (χ4n) is 3.05. The van der Waals surface area contributed by atoms with E-state index in [0.717, 1.165) is 0 Å². The lowest BCUT2D eigenvalue weighted by atomic mass is 10.4. The van der Waals surface area contributed by atoms with Gasteiger partial charge in [-0.25, -0.2) is 4.79 Å². The van der Waals surface area contributed by atoms with Crippen LogP contribution in [-0.4, -0.2) is 117 Å². The van der Waals surface area contributed by atoms with Crippen molar-refractivity contribution in [2.75, 3.05) is 91.6 Å². The first kappa shape index (κ1) is 25.1. The van der Waals surface area contributed by atoms with Crippen molar-refractivity contribution >= 4 is 6.03 Å². The maximum Gasteiger partial charge on any atom is 0.320 e. The van der Waals surface area contributed by atoms with Gasteiger partial charge in [-0.1, -0.05) is 0 Å². The first-order valence-electron chi connectivity index (χ1n) is 10.0. The average Bonchev–Trinajstić information content (AvgIpc) is 3.09. The van der Waals surface area contributed by atoms with Crippen molar-refractivity contribution in [3.05, 3.63) is 0 Å². The van der Waals surface area contributed by atoms with Crippen LogP contribution in [0.2, 0.25) is 0 Å². The Labute approximate surface area is 178 Å². The van der Waals surface area contributed by atoms with Gasteiger partial charge in [-0.05, 0) is 0 Å². The molecule has 2 N–H and O–H groups in total. The van der Waals surface area contributed by atoms with Crippen LogP contribution < -0.4 is 10.6 Å². The monoisotopic (exact) mass is 414 g/mol. The van der Waals surface area contributed by atoms with Crippen molar-refractivity contribution in [3.63, 3.8) is 0 Å². The van der Waals surface area contributed by atoms with Crippen LogP contribution in [0.5, 0.6) is 0 Å². The fourth-order valence-corrected chi connectivity index (χ4v) is 3.05. The van der Waals surface area contributed by atoms with E-state index in [2.05, 4.69) is 16.7 Å². The Balaban J connectivity index is 2.25. The molecule has 1 heterocycles. The summed E-state index contributed by atoms with van der Waals surface area (Å²) in [6, 6.07) is 8.25. The highest BCUT2D eigenvalue weighted by atomic mass is 16.2. The van der Waals surface area contributed by atoms with E-state index in [-0.39, 0.29) is 25.7 Å². The Kier molecular flexibility index (Phi) is 13.3. The van der Waals surface area contributed by atoms with Crippen LogP contribution in [0.4, 0.5) is 4.79 Å². The molecule has 1 saturated heterocycles. The molecule has 2 amide bonds. The third kappa shape index (κ3) is 10.0. The topological polar surface area (TPSA) is 149 Å². The standard InChI is InChI=1S/C19H30N10O/c20-1-5-24-6-13-27(11-4-23)15-16-29-18-17-28(19(29)30)14-8-25-7-12-26(9-2-21)10-3-22/h24-25H,5-18H2. The second kappa shape index (κ2) is 15.9. The van der Waals surface area contributed by atoms with Gasteiger partial charge in [-0.2, -0.15) is 21.0 Å². The number of nitrogens with one attached hydrogen (secondary N) is 2. The summed E-state index contributed by atoms with van der Waals surface area (Å²) in [5, 5.41) is 41.2. The molecule has 0 atom stereocenters. The highest BCUT2D eigenvalue weighted by molar-refractivity contribution is 5.76. The summed E-state index contributed by atoms with van der Waals surface area (Å²) in [5.41, 5.74) is 0. The number of nitriles is 4. The minimum Gasteiger partial charge on any atom is -0.322 e. The van der Waals surface area contributed by atoms with Crippen LogP contribution in [0.25, 0.3) is 0 Å². The normalized spacial score (nSPS) is 13.3. The molecular weight excluding hydrogens is 384 g/mol. The van der Waals surface area contributed by atoms with E-state index in [9.17, 15) is 4.79 Å². The zero-order chi connectivity index (χ0) is 22.0. The van der Waals surface area contributed by atoms with Gasteiger partial charge >= 0.3 is 6.03 Å². The summed E-state index contributed by atoms with van der Waals surface area (Å²) in [4.78, 5) is 19.9. The van der Waals surface area contributed by atoms with Crippen LogP contribution in [0.3, 0.4) is 0 Å². The summed E-state index contributed by atoms with van der Waals surface area (Å²) in [7, 11) is 0. The summed E-state index contributed by atoms with van der Waals surface area (Å²) in [6.07, 6.45) is 0. The number of hydrogen-bond donors (Lipinski definition) is 2. The lowest BCUT2D eigenvalue weighted by molar-refractivity contribution is 0.184. The van der Waals surface area contributed by atoms with E-state index < -0.39 is 0 Å². The number of nitrogens with zero attached hydrogens (tertiary/aromatic N) is 8. The fraction of sp³-hybridized carbons (Fsp3) is 0.737. The molecule has 11 nitrogen and oxygen atoms in total. The van der Waals surface area contributed by atoms with Crippen molar-refractivity contribution in [2.24, 2.45) is 0 Å². The van der Waals surface area contributed by atoms with Crippen LogP contribution in [0, 0.1) is 45.3 Å². The molecular formula is C19H30N10O. The SMILES string of the molecule is N#CCNCCN(CC#N)CCN1CCN(CCNCCN(CC#N)CC#N)C1=O. The van der Waals surface area contributed by atoms with Gasteiger partial charge < -0.3 is 20.4 Å². The molecule has 0 saturated carbocycles. The summed E-state index contributed by atoms with van der Waals surface area (Å²) < 4.78 is 0. The van der Waals surface area contributed by atoms with Crippen LogP contribution >= 0.6 is 0 Å². The van der Waals surface area contributed by atoms with Crippen LogP contribution in [0.15, 0.2) is 0 Å². The van der Waals surface area contributed by atoms with Gasteiger partial charge in [0, 0.05) is 65.4 Å². The maximum absolute atomic E-state index is 12.5. The van der Waals surface area contributed by atoms with Gasteiger partial charge in [0.2, 0.25) is 0 Å². The van der Waals surface area contributed by atoms with Gasteiger partial charge in [0.05, 0.1) is 50.5 Å². The second-order valence-corrected chi connectivity index (χ2v) is 6.80. The Morgan fingerprint density at radius 2 is 1.30 bits per heavy atom. The first-order chi connectivity index (χ1) is 14.7. The highest BCUT2D eigenvalue weighted by Gasteiger charge is 2.27. The van der Waals surface area contributed by atoms with Gasteiger partial charge in [0.15, 0.2) is 0 Å². The summed E-state index contributed by atoms with van der Waals surface area (Å²) in [5.74, 6) is 0. The molecule has 0 aromatic carbocycles. The minimum atomic E-state index is 0.00639. The number of rotatable bonds is 16. The molecule has 0 aliphatic carbocycles. The van der Waals surface area contributed by atoms with Gasteiger partial charge in [-0.15, -0.1) is 0 Å². The molecule has 0 radical (unpaired) electrons. The average molecular weight is 415 g/mol. The molecule has 0 bridgehead atoms. The zero-order valence-corrected chi connectivity index (χ0v) is 17.4. The lowest BCUT2D eigenvalue weighted by Gasteiger charge is -2.23. The zero-order valence-electron chi connectivity index (χ0n) is 17.4.